The summed E-state index contributed by atoms with van der Waals surface area (Å²) in [6.07, 6.45) is 1.04. The highest BCUT2D eigenvalue weighted by Crippen LogP contribution is 2.54. The molecule has 3 aliphatic rings. The number of benzene rings is 2. The zero-order chi connectivity index (χ0) is 22.5. The zero-order valence-corrected chi connectivity index (χ0v) is 18.4. The average Bonchev–Trinajstić information content (AvgIpc) is 3.42. The van der Waals surface area contributed by atoms with Crippen LogP contribution >= 0.6 is 11.8 Å². The van der Waals surface area contributed by atoms with Gasteiger partial charge >= 0.3 is 5.97 Å². The van der Waals surface area contributed by atoms with Crippen molar-refractivity contribution in [3.8, 4) is 0 Å². The Morgan fingerprint density at radius 2 is 1.72 bits per heavy atom. The van der Waals surface area contributed by atoms with E-state index in [0.717, 1.165) is 16.0 Å². The first-order valence-corrected chi connectivity index (χ1v) is 11.6. The summed E-state index contributed by atoms with van der Waals surface area (Å²) in [6.45, 7) is 1.88. The first-order valence-electron chi connectivity index (χ1n) is 10.6. The zero-order valence-electron chi connectivity index (χ0n) is 17.6. The molecule has 0 radical (unpaired) electrons. The molecule has 0 N–H and O–H groups in total. The Balaban J connectivity index is 1.26. The van der Waals surface area contributed by atoms with Crippen molar-refractivity contribution in [3.63, 3.8) is 0 Å². The lowest BCUT2D eigenvalue weighted by molar-refractivity contribution is -0.154. The SMILES string of the molecule is Cc1ccc([C@@]23CCC(=O)N2[C@@H](C(=O)OCCN2C(=O)c4ccccc4C2=O)CS3)cc1. The van der Waals surface area contributed by atoms with Crippen molar-refractivity contribution in [2.75, 3.05) is 18.9 Å². The number of hydrogen-bond donors (Lipinski definition) is 0. The van der Waals surface area contributed by atoms with Gasteiger partial charge in [-0.15, -0.1) is 11.8 Å². The summed E-state index contributed by atoms with van der Waals surface area (Å²) >= 11 is 1.60. The molecule has 2 saturated heterocycles. The number of esters is 1. The second-order valence-electron chi connectivity index (χ2n) is 8.22. The Bertz CT molecular complexity index is 1100. The van der Waals surface area contributed by atoms with Crippen molar-refractivity contribution in [3.05, 3.63) is 70.8 Å². The summed E-state index contributed by atoms with van der Waals surface area (Å²) in [5, 5.41) is 0. The highest BCUT2D eigenvalue weighted by atomic mass is 32.2. The number of carbonyl (C=O) groups is 4. The Morgan fingerprint density at radius 1 is 1.06 bits per heavy atom. The van der Waals surface area contributed by atoms with Crippen LogP contribution in [0.25, 0.3) is 0 Å². The van der Waals surface area contributed by atoms with E-state index in [-0.39, 0.29) is 30.9 Å². The molecular formula is C24H22N2O5S. The third-order valence-electron chi connectivity index (χ3n) is 6.34. The summed E-state index contributed by atoms with van der Waals surface area (Å²) in [7, 11) is 0. The molecule has 3 heterocycles. The third-order valence-corrected chi connectivity index (χ3v) is 7.94. The summed E-state index contributed by atoms with van der Waals surface area (Å²) in [5.74, 6) is -0.876. The van der Waals surface area contributed by atoms with Gasteiger partial charge in [0.25, 0.3) is 11.8 Å². The molecule has 32 heavy (non-hydrogen) atoms. The summed E-state index contributed by atoms with van der Waals surface area (Å²) in [4.78, 5) is 52.8. The van der Waals surface area contributed by atoms with E-state index in [9.17, 15) is 19.2 Å². The fraction of sp³-hybridized carbons (Fsp3) is 0.333. The highest BCUT2D eigenvalue weighted by Gasteiger charge is 2.57. The van der Waals surface area contributed by atoms with Crippen LogP contribution in [0, 0.1) is 6.92 Å². The van der Waals surface area contributed by atoms with Crippen LogP contribution in [0.4, 0.5) is 0 Å². The number of rotatable bonds is 5. The topological polar surface area (TPSA) is 84.0 Å². The molecule has 0 saturated carbocycles. The van der Waals surface area contributed by atoms with Crippen LogP contribution in [0.5, 0.6) is 0 Å². The van der Waals surface area contributed by atoms with Crippen LogP contribution in [-0.2, 0) is 19.2 Å². The van der Waals surface area contributed by atoms with Gasteiger partial charge in [0.1, 0.15) is 17.5 Å². The number of thioether (sulfide) groups is 1. The Kier molecular flexibility index (Phi) is 5.04. The second kappa shape index (κ2) is 7.78. The molecule has 8 heteroatoms. The molecule has 0 unspecified atom stereocenters. The van der Waals surface area contributed by atoms with Gasteiger partial charge < -0.3 is 9.64 Å². The summed E-state index contributed by atoms with van der Waals surface area (Å²) < 4.78 is 5.45. The molecule has 2 atom stereocenters. The molecule has 0 aliphatic carbocycles. The quantitative estimate of drug-likeness (QED) is 0.515. The summed E-state index contributed by atoms with van der Waals surface area (Å²) in [5.41, 5.74) is 2.87. The average molecular weight is 451 g/mol. The fourth-order valence-corrected chi connectivity index (χ4v) is 6.34. The van der Waals surface area contributed by atoms with Crippen LogP contribution < -0.4 is 0 Å². The van der Waals surface area contributed by atoms with Crippen LogP contribution in [0.2, 0.25) is 0 Å². The van der Waals surface area contributed by atoms with Gasteiger partial charge in [-0.05, 0) is 31.0 Å². The van der Waals surface area contributed by atoms with Gasteiger partial charge in [0.2, 0.25) is 5.91 Å². The molecule has 2 fully saturated rings. The van der Waals surface area contributed by atoms with E-state index >= 15 is 0 Å². The lowest BCUT2D eigenvalue weighted by Gasteiger charge is -2.33. The Labute approximate surface area is 189 Å². The predicted octanol–water partition coefficient (Wildman–Crippen LogP) is 2.73. The van der Waals surface area contributed by atoms with Gasteiger partial charge in [-0.25, -0.2) is 4.79 Å². The summed E-state index contributed by atoms with van der Waals surface area (Å²) in [6, 6.07) is 14.0. The number of carbonyl (C=O) groups excluding carboxylic acids is 4. The number of nitrogens with zero attached hydrogens (tertiary/aromatic N) is 2. The highest BCUT2D eigenvalue weighted by molar-refractivity contribution is 8.00. The van der Waals surface area contributed by atoms with E-state index < -0.39 is 16.9 Å². The lowest BCUT2D eigenvalue weighted by atomic mass is 10.0. The molecular weight excluding hydrogens is 428 g/mol. The van der Waals surface area contributed by atoms with Crippen LogP contribution in [-0.4, -0.2) is 58.4 Å². The Hall–Kier alpha value is -3.13. The predicted molar refractivity (Wildman–Crippen MR) is 118 cm³/mol. The van der Waals surface area contributed by atoms with Crippen molar-refractivity contribution >= 4 is 35.5 Å². The molecule has 0 spiro atoms. The fourth-order valence-electron chi connectivity index (χ4n) is 4.71. The minimum absolute atomic E-state index is 0.0188. The van der Waals surface area contributed by atoms with Crippen molar-refractivity contribution in [1.82, 2.24) is 9.80 Å². The van der Waals surface area contributed by atoms with E-state index in [1.54, 1.807) is 40.9 Å². The monoisotopic (exact) mass is 450 g/mol. The molecule has 0 bridgehead atoms. The maximum Gasteiger partial charge on any atom is 0.329 e. The molecule has 164 valence electrons. The normalized spacial score (nSPS) is 24.2. The molecule has 2 aromatic carbocycles. The molecule has 5 rings (SSSR count). The smallest absolute Gasteiger partial charge is 0.329 e. The maximum absolute atomic E-state index is 12.9. The Morgan fingerprint density at radius 3 is 2.38 bits per heavy atom. The van der Waals surface area contributed by atoms with Crippen LogP contribution in [0.3, 0.4) is 0 Å². The molecule has 0 aromatic heterocycles. The third kappa shape index (κ3) is 3.12. The number of imide groups is 1. The van der Waals surface area contributed by atoms with Crippen molar-refractivity contribution in [1.29, 1.82) is 0 Å². The number of hydrogen-bond acceptors (Lipinski definition) is 6. The first-order chi connectivity index (χ1) is 15.4. The van der Waals surface area contributed by atoms with Gasteiger partial charge in [0, 0.05) is 12.2 Å². The lowest BCUT2D eigenvalue weighted by Crippen LogP contribution is -2.47. The second-order valence-corrected chi connectivity index (χ2v) is 9.51. The first kappa shape index (κ1) is 20.8. The van der Waals surface area contributed by atoms with E-state index in [4.69, 9.17) is 4.74 Å². The number of amides is 3. The van der Waals surface area contributed by atoms with Gasteiger partial charge in [-0.2, -0.15) is 0 Å². The van der Waals surface area contributed by atoms with Crippen LogP contribution in [0.1, 0.15) is 44.7 Å². The molecule has 2 aromatic rings. The van der Waals surface area contributed by atoms with Crippen molar-refractivity contribution in [2.45, 2.75) is 30.7 Å². The van der Waals surface area contributed by atoms with E-state index in [0.29, 0.717) is 29.7 Å². The number of fused-ring (bicyclic) bond motifs is 2. The van der Waals surface area contributed by atoms with E-state index in [1.165, 1.54) is 0 Å². The van der Waals surface area contributed by atoms with Crippen molar-refractivity contribution in [2.24, 2.45) is 0 Å². The number of aryl methyl sites for hydroxylation is 1. The van der Waals surface area contributed by atoms with Gasteiger partial charge in [0.15, 0.2) is 0 Å². The van der Waals surface area contributed by atoms with E-state index in [1.807, 2.05) is 31.2 Å². The molecule has 3 amide bonds. The maximum atomic E-state index is 12.9. The van der Waals surface area contributed by atoms with Crippen LogP contribution in [0.15, 0.2) is 48.5 Å². The van der Waals surface area contributed by atoms with Gasteiger partial charge in [-0.1, -0.05) is 42.0 Å². The van der Waals surface area contributed by atoms with Gasteiger partial charge in [0.05, 0.1) is 17.7 Å². The van der Waals surface area contributed by atoms with Gasteiger partial charge in [-0.3, -0.25) is 19.3 Å². The standard InChI is InChI=1S/C24H22N2O5S/c1-15-6-8-16(9-7-15)24-11-10-20(27)26(24)19(14-32-24)23(30)31-13-12-25-21(28)17-4-2-3-5-18(17)22(25)29/h2-9,19H,10-14H2,1H3/t19-,24+/m1/s1. The molecule has 7 nitrogen and oxygen atoms in total. The minimum atomic E-state index is -0.682. The van der Waals surface area contributed by atoms with E-state index in [2.05, 4.69) is 0 Å². The largest absolute Gasteiger partial charge is 0.462 e. The number of ether oxygens (including phenoxy) is 1. The van der Waals surface area contributed by atoms with Crippen molar-refractivity contribution < 1.29 is 23.9 Å². The minimum Gasteiger partial charge on any atom is -0.462 e. The molecule has 3 aliphatic heterocycles.